The molecular formula is C15H28O3. The van der Waals surface area contributed by atoms with Crippen molar-refractivity contribution < 1.29 is 15.3 Å². The predicted molar refractivity (Wildman–Crippen MR) is 71.0 cm³/mol. The Balaban J connectivity index is 2.35. The topological polar surface area (TPSA) is 60.7 Å². The van der Waals surface area contributed by atoms with Gasteiger partial charge in [-0.25, -0.2) is 0 Å². The summed E-state index contributed by atoms with van der Waals surface area (Å²) in [6.07, 6.45) is 2.16. The Hall–Kier alpha value is -0.120. The second-order valence-electron chi connectivity index (χ2n) is 7.33. The molecule has 0 radical (unpaired) electrons. The Morgan fingerprint density at radius 2 is 1.67 bits per heavy atom. The highest BCUT2D eigenvalue weighted by atomic mass is 16.3. The summed E-state index contributed by atoms with van der Waals surface area (Å²) in [4.78, 5) is 0. The van der Waals surface area contributed by atoms with Crippen LogP contribution in [0.1, 0.15) is 53.4 Å². The highest BCUT2D eigenvalue weighted by molar-refractivity contribution is 5.08. The largest absolute Gasteiger partial charge is 0.393 e. The molecule has 3 heteroatoms. The zero-order chi connectivity index (χ0) is 13.7. The van der Waals surface area contributed by atoms with Gasteiger partial charge in [0.1, 0.15) is 0 Å². The van der Waals surface area contributed by atoms with Crippen molar-refractivity contribution in [2.75, 3.05) is 0 Å². The van der Waals surface area contributed by atoms with E-state index >= 15 is 0 Å². The molecule has 0 unspecified atom stereocenters. The molecule has 18 heavy (non-hydrogen) atoms. The number of fused-ring (bicyclic) bond motifs is 1. The lowest BCUT2D eigenvalue weighted by Gasteiger charge is -2.58. The van der Waals surface area contributed by atoms with Crippen molar-refractivity contribution in [3.63, 3.8) is 0 Å². The van der Waals surface area contributed by atoms with Gasteiger partial charge in [0.15, 0.2) is 0 Å². The summed E-state index contributed by atoms with van der Waals surface area (Å²) in [7, 11) is 0. The van der Waals surface area contributed by atoms with Gasteiger partial charge in [-0.15, -0.1) is 0 Å². The molecule has 0 bridgehead atoms. The molecule has 2 saturated carbocycles. The normalized spacial score (nSPS) is 53.3. The fourth-order valence-corrected chi connectivity index (χ4v) is 4.54. The molecule has 2 aliphatic carbocycles. The van der Waals surface area contributed by atoms with Crippen LogP contribution in [-0.4, -0.2) is 33.1 Å². The number of aliphatic hydroxyl groups is 3. The molecule has 0 spiro atoms. The van der Waals surface area contributed by atoms with Gasteiger partial charge in [0, 0.05) is 11.3 Å². The molecule has 0 aromatic rings. The lowest BCUT2D eigenvalue weighted by Crippen LogP contribution is -2.63. The maximum absolute atomic E-state index is 10.7. The van der Waals surface area contributed by atoms with Gasteiger partial charge in [0.2, 0.25) is 0 Å². The maximum atomic E-state index is 10.7. The minimum Gasteiger partial charge on any atom is -0.393 e. The fourth-order valence-electron chi connectivity index (χ4n) is 4.54. The number of hydrogen-bond donors (Lipinski definition) is 3. The molecule has 2 rings (SSSR count). The molecule has 3 nitrogen and oxygen atoms in total. The third kappa shape index (κ3) is 2.00. The molecule has 0 aromatic heterocycles. The van der Waals surface area contributed by atoms with Crippen molar-refractivity contribution in [2.45, 2.75) is 71.2 Å². The van der Waals surface area contributed by atoms with Gasteiger partial charge in [-0.05, 0) is 44.4 Å². The minimum absolute atomic E-state index is 0.213. The van der Waals surface area contributed by atoms with E-state index in [1.807, 2.05) is 13.8 Å². The summed E-state index contributed by atoms with van der Waals surface area (Å²) >= 11 is 0. The van der Waals surface area contributed by atoms with E-state index in [0.717, 1.165) is 12.8 Å². The maximum Gasteiger partial charge on any atom is 0.0679 e. The van der Waals surface area contributed by atoms with Gasteiger partial charge >= 0.3 is 0 Å². The average Bonchev–Trinajstić information content (AvgIpc) is 2.23. The quantitative estimate of drug-likeness (QED) is 0.672. The third-order valence-corrected chi connectivity index (χ3v) is 5.72. The molecule has 0 aromatic carbocycles. The second-order valence-corrected chi connectivity index (χ2v) is 7.33. The van der Waals surface area contributed by atoms with E-state index < -0.39 is 17.8 Å². The first-order valence-corrected chi connectivity index (χ1v) is 7.28. The Morgan fingerprint density at radius 3 is 2.22 bits per heavy atom. The summed E-state index contributed by atoms with van der Waals surface area (Å²) in [6, 6.07) is 0. The molecule has 2 fully saturated rings. The van der Waals surface area contributed by atoms with Crippen molar-refractivity contribution in [1.29, 1.82) is 0 Å². The Bertz CT molecular complexity index is 313. The number of aliphatic hydroxyl groups excluding tert-OH is 2. The SMILES string of the molecule is CC(C)[C@@H]1CC[C@]2(C)[C@@H]([C@@H]1O)[C@](C)(O)CC[C@@H]2O. The molecule has 0 aliphatic heterocycles. The summed E-state index contributed by atoms with van der Waals surface area (Å²) in [5, 5.41) is 31.6. The summed E-state index contributed by atoms with van der Waals surface area (Å²) in [5.74, 6) is 0.439. The van der Waals surface area contributed by atoms with Crippen molar-refractivity contribution in [2.24, 2.45) is 23.2 Å². The molecule has 2 aliphatic rings. The molecule has 0 amide bonds. The van der Waals surface area contributed by atoms with E-state index in [1.165, 1.54) is 0 Å². The van der Waals surface area contributed by atoms with Crippen LogP contribution >= 0.6 is 0 Å². The Kier molecular flexibility index (Phi) is 3.54. The molecule has 3 N–H and O–H groups in total. The Labute approximate surface area is 110 Å². The third-order valence-electron chi connectivity index (χ3n) is 5.72. The van der Waals surface area contributed by atoms with E-state index in [0.29, 0.717) is 18.8 Å². The number of rotatable bonds is 1. The van der Waals surface area contributed by atoms with Gasteiger partial charge in [-0.1, -0.05) is 20.8 Å². The molecule has 6 atom stereocenters. The van der Waals surface area contributed by atoms with E-state index in [1.54, 1.807) is 0 Å². The van der Waals surface area contributed by atoms with Gasteiger partial charge in [-0.2, -0.15) is 0 Å². The van der Waals surface area contributed by atoms with E-state index in [9.17, 15) is 15.3 Å². The van der Waals surface area contributed by atoms with Gasteiger partial charge in [0.25, 0.3) is 0 Å². The van der Waals surface area contributed by atoms with Crippen molar-refractivity contribution >= 4 is 0 Å². The minimum atomic E-state index is -0.860. The molecule has 0 saturated heterocycles. The average molecular weight is 256 g/mol. The van der Waals surface area contributed by atoms with Gasteiger partial charge in [-0.3, -0.25) is 0 Å². The lowest BCUT2D eigenvalue weighted by atomic mass is 9.50. The summed E-state index contributed by atoms with van der Waals surface area (Å²) < 4.78 is 0. The standard InChI is InChI=1S/C15H28O3/c1-9(2)10-5-7-14(3)11(16)6-8-15(4,18)13(14)12(10)17/h9-13,16-18H,5-8H2,1-4H3/t10-,11-,12+,13+,14-,15+/m0/s1. The highest BCUT2D eigenvalue weighted by Gasteiger charge is 2.59. The second kappa shape index (κ2) is 4.46. The van der Waals surface area contributed by atoms with Crippen molar-refractivity contribution in [1.82, 2.24) is 0 Å². The summed E-state index contributed by atoms with van der Waals surface area (Å²) in [6.45, 7) is 8.12. The first kappa shape index (κ1) is 14.3. The lowest BCUT2D eigenvalue weighted by molar-refractivity contribution is -0.219. The van der Waals surface area contributed by atoms with E-state index in [-0.39, 0.29) is 17.3 Å². The molecule has 0 heterocycles. The first-order chi connectivity index (χ1) is 8.20. The van der Waals surface area contributed by atoms with Gasteiger partial charge < -0.3 is 15.3 Å². The van der Waals surface area contributed by atoms with Crippen LogP contribution < -0.4 is 0 Å². The van der Waals surface area contributed by atoms with Crippen LogP contribution in [-0.2, 0) is 0 Å². The van der Waals surface area contributed by atoms with Crippen LogP contribution in [0.15, 0.2) is 0 Å². The predicted octanol–water partition coefficient (Wildman–Crippen LogP) is 1.94. The zero-order valence-corrected chi connectivity index (χ0v) is 12.1. The van der Waals surface area contributed by atoms with Crippen LogP contribution in [0.25, 0.3) is 0 Å². The van der Waals surface area contributed by atoms with Crippen LogP contribution in [0.2, 0.25) is 0 Å². The fraction of sp³-hybridized carbons (Fsp3) is 1.00. The van der Waals surface area contributed by atoms with Crippen LogP contribution in [0.3, 0.4) is 0 Å². The van der Waals surface area contributed by atoms with Crippen molar-refractivity contribution in [3.05, 3.63) is 0 Å². The molecular weight excluding hydrogens is 228 g/mol. The van der Waals surface area contributed by atoms with E-state index in [4.69, 9.17) is 0 Å². The molecule has 106 valence electrons. The zero-order valence-electron chi connectivity index (χ0n) is 12.1. The first-order valence-electron chi connectivity index (χ1n) is 7.28. The van der Waals surface area contributed by atoms with Crippen LogP contribution in [0.5, 0.6) is 0 Å². The highest BCUT2D eigenvalue weighted by Crippen LogP contribution is 2.56. The monoisotopic (exact) mass is 256 g/mol. The Morgan fingerprint density at radius 1 is 1.06 bits per heavy atom. The smallest absolute Gasteiger partial charge is 0.0679 e. The number of hydrogen-bond acceptors (Lipinski definition) is 3. The van der Waals surface area contributed by atoms with Crippen LogP contribution in [0, 0.1) is 23.2 Å². The van der Waals surface area contributed by atoms with Gasteiger partial charge in [0.05, 0.1) is 17.8 Å². The van der Waals surface area contributed by atoms with Crippen molar-refractivity contribution in [3.8, 4) is 0 Å². The van der Waals surface area contributed by atoms with Crippen LogP contribution in [0.4, 0.5) is 0 Å². The summed E-state index contributed by atoms with van der Waals surface area (Å²) in [5.41, 5.74) is -1.20. The van der Waals surface area contributed by atoms with E-state index in [2.05, 4.69) is 13.8 Å².